The second-order valence-electron chi connectivity index (χ2n) is 6.48. The van der Waals surface area contributed by atoms with Crippen LogP contribution in [0.25, 0.3) is 0 Å². The molecule has 0 spiro atoms. The number of hydrogen-bond donors (Lipinski definition) is 1. The maximum absolute atomic E-state index is 12.1. The molecule has 118 valence electrons. The van der Waals surface area contributed by atoms with E-state index in [2.05, 4.69) is 9.82 Å². The number of nitrogens with zero attached hydrogens (tertiary/aromatic N) is 2. The predicted molar refractivity (Wildman–Crippen MR) is 82.3 cm³/mol. The van der Waals surface area contributed by atoms with Gasteiger partial charge in [-0.05, 0) is 37.7 Å². The molecule has 0 atom stereocenters. The fraction of sp³-hybridized carbons (Fsp3) is 0.800. The van der Waals surface area contributed by atoms with Gasteiger partial charge in [-0.2, -0.15) is 5.10 Å². The highest BCUT2D eigenvalue weighted by Gasteiger charge is 2.23. The Bertz CT molecular complexity index is 555. The molecule has 2 aliphatic carbocycles. The van der Waals surface area contributed by atoms with E-state index in [1.165, 1.54) is 38.5 Å². The molecule has 0 aromatic carbocycles. The molecule has 21 heavy (non-hydrogen) atoms. The Kier molecular flexibility index (Phi) is 4.64. The Hall–Kier alpha value is -0.880. The van der Waals surface area contributed by atoms with Crippen molar-refractivity contribution in [3.8, 4) is 0 Å². The first-order chi connectivity index (χ1) is 10.1. The Morgan fingerprint density at radius 1 is 1.14 bits per heavy atom. The molecular formula is C15H25N3O2S. The van der Waals surface area contributed by atoms with E-state index >= 15 is 0 Å². The summed E-state index contributed by atoms with van der Waals surface area (Å²) in [4.78, 5) is 0. The summed E-state index contributed by atoms with van der Waals surface area (Å²) in [6.45, 7) is 0.314. The van der Waals surface area contributed by atoms with Crippen molar-refractivity contribution in [2.75, 3.05) is 5.75 Å². The quantitative estimate of drug-likeness (QED) is 0.878. The number of hydrogen-bond acceptors (Lipinski definition) is 3. The van der Waals surface area contributed by atoms with Crippen LogP contribution in [0.15, 0.2) is 12.3 Å². The zero-order chi connectivity index (χ0) is 14.7. The molecule has 0 radical (unpaired) electrons. The van der Waals surface area contributed by atoms with Gasteiger partial charge in [0.2, 0.25) is 10.0 Å². The predicted octanol–water partition coefficient (Wildman–Crippen LogP) is 2.61. The molecule has 1 aromatic rings. The van der Waals surface area contributed by atoms with Crippen LogP contribution in [0, 0.1) is 5.92 Å². The van der Waals surface area contributed by atoms with E-state index in [0.29, 0.717) is 18.5 Å². The molecule has 0 bridgehead atoms. The summed E-state index contributed by atoms with van der Waals surface area (Å²) in [6.07, 6.45) is 11.4. The Balaban J connectivity index is 1.51. The summed E-state index contributed by atoms with van der Waals surface area (Å²) in [6, 6.07) is 2.44. The summed E-state index contributed by atoms with van der Waals surface area (Å²) in [5.74, 6) is 0.620. The van der Waals surface area contributed by atoms with Crippen molar-refractivity contribution in [1.29, 1.82) is 0 Å². The van der Waals surface area contributed by atoms with Gasteiger partial charge in [0.05, 0.1) is 24.0 Å². The second-order valence-corrected chi connectivity index (χ2v) is 8.33. The van der Waals surface area contributed by atoms with Gasteiger partial charge >= 0.3 is 0 Å². The Labute approximate surface area is 127 Å². The molecular weight excluding hydrogens is 286 g/mol. The monoisotopic (exact) mass is 311 g/mol. The topological polar surface area (TPSA) is 64.0 Å². The minimum absolute atomic E-state index is 0.274. The molecule has 0 aliphatic heterocycles. The average molecular weight is 311 g/mol. The van der Waals surface area contributed by atoms with Crippen LogP contribution in [0.5, 0.6) is 0 Å². The van der Waals surface area contributed by atoms with Gasteiger partial charge in [-0.15, -0.1) is 0 Å². The van der Waals surface area contributed by atoms with E-state index in [4.69, 9.17) is 0 Å². The lowest BCUT2D eigenvalue weighted by atomic mass is 10.1. The molecule has 6 heteroatoms. The fourth-order valence-corrected chi connectivity index (χ4v) is 5.01. The van der Waals surface area contributed by atoms with Crippen molar-refractivity contribution in [2.24, 2.45) is 5.92 Å². The van der Waals surface area contributed by atoms with Crippen molar-refractivity contribution < 1.29 is 8.42 Å². The third-order valence-corrected chi connectivity index (χ3v) is 6.26. The minimum Gasteiger partial charge on any atom is -0.269 e. The van der Waals surface area contributed by atoms with Crippen LogP contribution < -0.4 is 4.72 Å². The highest BCUT2D eigenvalue weighted by Crippen LogP contribution is 2.28. The smallest absolute Gasteiger partial charge is 0.212 e. The van der Waals surface area contributed by atoms with E-state index in [-0.39, 0.29) is 5.75 Å². The highest BCUT2D eigenvalue weighted by atomic mass is 32.2. The Morgan fingerprint density at radius 3 is 2.52 bits per heavy atom. The summed E-state index contributed by atoms with van der Waals surface area (Å²) >= 11 is 0. The maximum atomic E-state index is 12.1. The molecule has 0 unspecified atom stereocenters. The largest absolute Gasteiger partial charge is 0.269 e. The number of aromatic nitrogens is 2. The molecule has 0 amide bonds. The van der Waals surface area contributed by atoms with E-state index < -0.39 is 10.0 Å². The molecule has 3 rings (SSSR count). The third-order valence-electron chi connectivity index (χ3n) is 4.77. The summed E-state index contributed by atoms with van der Waals surface area (Å²) in [5, 5.41) is 4.52. The number of sulfonamides is 1. The average Bonchev–Trinajstić information content (AvgIpc) is 3.18. The minimum atomic E-state index is -3.17. The summed E-state index contributed by atoms with van der Waals surface area (Å²) in [7, 11) is -3.17. The van der Waals surface area contributed by atoms with Crippen molar-refractivity contribution in [3.63, 3.8) is 0 Å². The van der Waals surface area contributed by atoms with Crippen LogP contribution in [-0.4, -0.2) is 24.0 Å². The van der Waals surface area contributed by atoms with Gasteiger partial charge in [-0.25, -0.2) is 13.1 Å². The van der Waals surface area contributed by atoms with Crippen molar-refractivity contribution in [1.82, 2.24) is 14.5 Å². The van der Waals surface area contributed by atoms with Crippen LogP contribution in [0.3, 0.4) is 0 Å². The van der Waals surface area contributed by atoms with E-state index in [1.807, 2.05) is 16.9 Å². The lowest BCUT2D eigenvalue weighted by Gasteiger charge is -2.11. The Morgan fingerprint density at radius 2 is 1.81 bits per heavy atom. The summed E-state index contributed by atoms with van der Waals surface area (Å²) < 4.78 is 28.9. The van der Waals surface area contributed by atoms with Crippen LogP contribution in [0.4, 0.5) is 0 Å². The normalized spacial score (nSPS) is 21.3. The van der Waals surface area contributed by atoms with Crippen molar-refractivity contribution in [2.45, 2.75) is 64.0 Å². The zero-order valence-electron chi connectivity index (χ0n) is 12.5. The molecule has 0 saturated heterocycles. The first-order valence-corrected chi connectivity index (χ1v) is 9.79. The van der Waals surface area contributed by atoms with Crippen LogP contribution in [0.2, 0.25) is 0 Å². The lowest BCUT2D eigenvalue weighted by Crippen LogP contribution is -2.29. The maximum Gasteiger partial charge on any atom is 0.212 e. The standard InChI is InChI=1S/C15H25N3O2S/c19-21(20,12-13-5-1-2-6-13)16-11-14-9-10-18(17-14)15-7-3-4-8-15/h9-10,13,15-16H,1-8,11-12H2. The van der Waals surface area contributed by atoms with Gasteiger partial charge in [-0.1, -0.05) is 25.7 Å². The molecule has 5 nitrogen and oxygen atoms in total. The molecule has 1 aromatic heterocycles. The second kappa shape index (κ2) is 6.48. The van der Waals surface area contributed by atoms with Gasteiger partial charge in [0.1, 0.15) is 0 Å². The number of rotatable bonds is 6. The van der Waals surface area contributed by atoms with Gasteiger partial charge in [-0.3, -0.25) is 4.68 Å². The SMILES string of the molecule is O=S(=O)(CC1CCCC1)NCc1ccn(C2CCCC2)n1. The van der Waals surface area contributed by atoms with E-state index in [0.717, 1.165) is 18.5 Å². The zero-order valence-corrected chi connectivity index (χ0v) is 13.3. The van der Waals surface area contributed by atoms with Crippen molar-refractivity contribution >= 4 is 10.0 Å². The van der Waals surface area contributed by atoms with E-state index in [9.17, 15) is 8.42 Å². The van der Waals surface area contributed by atoms with Gasteiger partial charge in [0.25, 0.3) is 0 Å². The first-order valence-electron chi connectivity index (χ1n) is 8.14. The lowest BCUT2D eigenvalue weighted by molar-refractivity contribution is 0.462. The van der Waals surface area contributed by atoms with Crippen LogP contribution in [-0.2, 0) is 16.6 Å². The molecule has 1 heterocycles. The van der Waals surface area contributed by atoms with Gasteiger partial charge < -0.3 is 0 Å². The van der Waals surface area contributed by atoms with Gasteiger partial charge in [0, 0.05) is 6.20 Å². The molecule has 2 fully saturated rings. The molecule has 1 N–H and O–H groups in total. The summed E-state index contributed by atoms with van der Waals surface area (Å²) in [5.41, 5.74) is 0.817. The first kappa shape index (κ1) is 15.0. The number of nitrogens with one attached hydrogen (secondary N) is 1. The van der Waals surface area contributed by atoms with Crippen molar-refractivity contribution in [3.05, 3.63) is 18.0 Å². The van der Waals surface area contributed by atoms with Crippen LogP contribution >= 0.6 is 0 Å². The van der Waals surface area contributed by atoms with Crippen LogP contribution in [0.1, 0.15) is 63.1 Å². The van der Waals surface area contributed by atoms with E-state index in [1.54, 1.807) is 0 Å². The third kappa shape index (κ3) is 4.07. The van der Waals surface area contributed by atoms with Gasteiger partial charge in [0.15, 0.2) is 0 Å². The molecule has 2 aliphatic rings. The highest BCUT2D eigenvalue weighted by molar-refractivity contribution is 7.89. The fourth-order valence-electron chi connectivity index (χ4n) is 3.57. The molecule has 2 saturated carbocycles.